The number of aromatic nitrogens is 1. The van der Waals surface area contributed by atoms with Gasteiger partial charge >= 0.3 is 0 Å². The van der Waals surface area contributed by atoms with Crippen LogP contribution in [-0.4, -0.2) is 26.3 Å². The van der Waals surface area contributed by atoms with E-state index in [-0.39, 0.29) is 0 Å². The van der Waals surface area contributed by atoms with E-state index >= 15 is 0 Å². The average Bonchev–Trinajstić information content (AvgIpc) is 2.48. The largest absolute Gasteiger partial charge is 0.495 e. The van der Waals surface area contributed by atoms with Crippen molar-refractivity contribution in [3.63, 3.8) is 0 Å². The number of methoxy groups -OCH3 is 2. The Morgan fingerprint density at radius 2 is 1.85 bits per heavy atom. The number of halogens is 1. The molecule has 1 aromatic heterocycles. The summed E-state index contributed by atoms with van der Waals surface area (Å²) in [7, 11) is 4.98. The molecule has 5 nitrogen and oxygen atoms in total. The minimum atomic E-state index is 0.513. The molecule has 0 amide bonds. The number of benzene rings is 1. The van der Waals surface area contributed by atoms with Crippen molar-refractivity contribution >= 4 is 28.8 Å². The summed E-state index contributed by atoms with van der Waals surface area (Å²) in [5.41, 5.74) is 1.63. The Labute approximate surface area is 122 Å². The number of ether oxygens (including phenoxy) is 2. The zero-order valence-electron chi connectivity index (χ0n) is 11.5. The zero-order valence-corrected chi connectivity index (χ0v) is 12.3. The van der Waals surface area contributed by atoms with Crippen molar-refractivity contribution in [3.8, 4) is 11.5 Å². The molecule has 0 fully saturated rings. The molecule has 0 bridgehead atoms. The number of rotatable bonds is 5. The lowest BCUT2D eigenvalue weighted by molar-refractivity contribution is 0.396. The van der Waals surface area contributed by atoms with Gasteiger partial charge in [0.15, 0.2) is 0 Å². The second-order valence-electron chi connectivity index (χ2n) is 3.99. The number of anilines is 3. The summed E-state index contributed by atoms with van der Waals surface area (Å²) >= 11 is 6.14. The molecule has 0 unspecified atom stereocenters. The highest BCUT2D eigenvalue weighted by Gasteiger charge is 2.10. The van der Waals surface area contributed by atoms with Gasteiger partial charge in [0.2, 0.25) is 0 Å². The first-order chi connectivity index (χ1) is 9.67. The van der Waals surface area contributed by atoms with E-state index in [1.54, 1.807) is 32.5 Å². The molecule has 20 heavy (non-hydrogen) atoms. The standard InChI is InChI=1S/C14H16ClN3O2/c1-16-14-6-9(4-5-17-14)18-11-7-10(15)12(19-2)8-13(11)20-3/h4-8H,1-3H3,(H2,16,17,18). The summed E-state index contributed by atoms with van der Waals surface area (Å²) in [4.78, 5) is 4.16. The quantitative estimate of drug-likeness (QED) is 0.883. The van der Waals surface area contributed by atoms with Crippen LogP contribution >= 0.6 is 11.6 Å². The van der Waals surface area contributed by atoms with Gasteiger partial charge in [0.25, 0.3) is 0 Å². The fraction of sp³-hybridized carbons (Fsp3) is 0.214. The van der Waals surface area contributed by atoms with Crippen molar-refractivity contribution in [2.45, 2.75) is 0 Å². The molecule has 0 aliphatic heterocycles. The fourth-order valence-corrected chi connectivity index (χ4v) is 2.00. The Hall–Kier alpha value is -2.14. The van der Waals surface area contributed by atoms with Gasteiger partial charge in [-0.15, -0.1) is 0 Å². The van der Waals surface area contributed by atoms with Crippen molar-refractivity contribution in [2.75, 3.05) is 31.9 Å². The van der Waals surface area contributed by atoms with Gasteiger partial charge in [-0.3, -0.25) is 0 Å². The SMILES string of the molecule is CNc1cc(Nc2cc(Cl)c(OC)cc2OC)ccn1. The lowest BCUT2D eigenvalue weighted by Crippen LogP contribution is -1.98. The Balaban J connectivity index is 2.34. The molecular weight excluding hydrogens is 278 g/mol. The molecule has 1 aromatic carbocycles. The van der Waals surface area contributed by atoms with E-state index in [0.29, 0.717) is 16.5 Å². The lowest BCUT2D eigenvalue weighted by atomic mass is 10.2. The van der Waals surface area contributed by atoms with E-state index in [0.717, 1.165) is 17.2 Å². The van der Waals surface area contributed by atoms with E-state index in [1.165, 1.54) is 0 Å². The maximum atomic E-state index is 6.14. The maximum Gasteiger partial charge on any atom is 0.146 e. The predicted octanol–water partition coefficient (Wildman–Crippen LogP) is 3.54. The normalized spacial score (nSPS) is 10.0. The third-order valence-corrected chi connectivity index (χ3v) is 3.06. The molecule has 2 rings (SSSR count). The Bertz CT molecular complexity index is 605. The molecule has 0 aliphatic carbocycles. The van der Waals surface area contributed by atoms with Gasteiger partial charge in [-0.25, -0.2) is 4.98 Å². The van der Waals surface area contributed by atoms with Gasteiger partial charge in [0.05, 0.1) is 24.9 Å². The van der Waals surface area contributed by atoms with E-state index in [9.17, 15) is 0 Å². The van der Waals surface area contributed by atoms with Crippen LogP contribution in [0.4, 0.5) is 17.2 Å². The Morgan fingerprint density at radius 3 is 2.50 bits per heavy atom. The van der Waals surface area contributed by atoms with E-state index < -0.39 is 0 Å². The van der Waals surface area contributed by atoms with Crippen molar-refractivity contribution in [2.24, 2.45) is 0 Å². The van der Waals surface area contributed by atoms with Gasteiger partial charge < -0.3 is 20.1 Å². The molecule has 0 radical (unpaired) electrons. The van der Waals surface area contributed by atoms with Gasteiger partial charge in [-0.2, -0.15) is 0 Å². The van der Waals surface area contributed by atoms with Crippen LogP contribution in [0.3, 0.4) is 0 Å². The lowest BCUT2D eigenvalue weighted by Gasteiger charge is -2.14. The number of hydrogen-bond acceptors (Lipinski definition) is 5. The highest BCUT2D eigenvalue weighted by atomic mass is 35.5. The highest BCUT2D eigenvalue weighted by Crippen LogP contribution is 2.37. The van der Waals surface area contributed by atoms with Crippen molar-refractivity contribution < 1.29 is 9.47 Å². The van der Waals surface area contributed by atoms with Crippen molar-refractivity contribution in [1.82, 2.24) is 4.98 Å². The summed E-state index contributed by atoms with van der Waals surface area (Å²) in [6.07, 6.45) is 1.71. The van der Waals surface area contributed by atoms with Crippen LogP contribution in [0.15, 0.2) is 30.5 Å². The Kier molecular flexibility index (Phi) is 4.53. The fourth-order valence-electron chi connectivity index (χ4n) is 1.76. The maximum absolute atomic E-state index is 6.14. The molecule has 6 heteroatoms. The monoisotopic (exact) mass is 293 g/mol. The Morgan fingerprint density at radius 1 is 1.10 bits per heavy atom. The molecule has 1 heterocycles. The first kappa shape index (κ1) is 14.3. The molecule has 2 N–H and O–H groups in total. The van der Waals surface area contributed by atoms with Crippen LogP contribution in [0.1, 0.15) is 0 Å². The van der Waals surface area contributed by atoms with Crippen LogP contribution in [0.2, 0.25) is 5.02 Å². The molecule has 0 aliphatic rings. The smallest absolute Gasteiger partial charge is 0.146 e. The minimum absolute atomic E-state index is 0.513. The summed E-state index contributed by atoms with van der Waals surface area (Å²) in [6, 6.07) is 7.25. The van der Waals surface area contributed by atoms with Crippen molar-refractivity contribution in [3.05, 3.63) is 35.5 Å². The summed E-state index contributed by atoms with van der Waals surface area (Å²) < 4.78 is 10.5. The van der Waals surface area contributed by atoms with E-state index in [4.69, 9.17) is 21.1 Å². The van der Waals surface area contributed by atoms with Crippen LogP contribution in [-0.2, 0) is 0 Å². The van der Waals surface area contributed by atoms with Crippen LogP contribution in [0, 0.1) is 0 Å². The van der Waals surface area contributed by atoms with Crippen LogP contribution < -0.4 is 20.1 Å². The number of nitrogens with zero attached hydrogens (tertiary/aromatic N) is 1. The molecule has 0 atom stereocenters. The van der Waals surface area contributed by atoms with Gasteiger partial charge in [-0.05, 0) is 12.1 Å². The third-order valence-electron chi connectivity index (χ3n) is 2.77. The topological polar surface area (TPSA) is 55.4 Å². The minimum Gasteiger partial charge on any atom is -0.495 e. The third kappa shape index (κ3) is 3.05. The first-order valence-corrected chi connectivity index (χ1v) is 6.38. The van der Waals surface area contributed by atoms with Crippen LogP contribution in [0.25, 0.3) is 0 Å². The second kappa shape index (κ2) is 6.34. The summed E-state index contributed by atoms with van der Waals surface area (Å²) in [6.45, 7) is 0. The van der Waals surface area contributed by atoms with E-state index in [2.05, 4.69) is 15.6 Å². The molecule has 0 spiro atoms. The van der Waals surface area contributed by atoms with Gasteiger partial charge in [0.1, 0.15) is 17.3 Å². The second-order valence-corrected chi connectivity index (χ2v) is 4.40. The average molecular weight is 294 g/mol. The summed E-state index contributed by atoms with van der Waals surface area (Å²) in [5, 5.41) is 6.74. The van der Waals surface area contributed by atoms with Gasteiger partial charge in [0, 0.05) is 31.1 Å². The number of pyridine rings is 1. The molecule has 2 aromatic rings. The molecule has 0 saturated heterocycles. The molecule has 0 saturated carbocycles. The van der Waals surface area contributed by atoms with Crippen molar-refractivity contribution in [1.29, 1.82) is 0 Å². The number of hydrogen-bond donors (Lipinski definition) is 2. The number of nitrogens with one attached hydrogen (secondary N) is 2. The highest BCUT2D eigenvalue weighted by molar-refractivity contribution is 6.32. The zero-order chi connectivity index (χ0) is 14.5. The van der Waals surface area contributed by atoms with E-state index in [1.807, 2.05) is 19.2 Å². The molecular formula is C14H16ClN3O2. The van der Waals surface area contributed by atoms with Gasteiger partial charge in [-0.1, -0.05) is 11.6 Å². The summed E-state index contributed by atoms with van der Waals surface area (Å²) in [5.74, 6) is 1.99. The molecule has 106 valence electrons. The van der Waals surface area contributed by atoms with Crippen LogP contribution in [0.5, 0.6) is 11.5 Å². The first-order valence-electron chi connectivity index (χ1n) is 6.00. The predicted molar refractivity (Wildman–Crippen MR) is 81.6 cm³/mol.